The van der Waals surface area contributed by atoms with Crippen LogP contribution >= 0.6 is 0 Å². The van der Waals surface area contributed by atoms with Gasteiger partial charge < -0.3 is 15.0 Å². The summed E-state index contributed by atoms with van der Waals surface area (Å²) < 4.78 is 5.44. The van der Waals surface area contributed by atoms with Crippen molar-refractivity contribution >= 4 is 11.6 Å². The summed E-state index contributed by atoms with van der Waals surface area (Å²) in [7, 11) is 4.00. The predicted molar refractivity (Wildman–Crippen MR) is 89.3 cm³/mol. The average Bonchev–Trinajstić information content (AvgIpc) is 2.52. The molecule has 0 unspecified atom stereocenters. The molecule has 2 aromatic rings. The SMILES string of the molecule is Cc1ccc(OCC(=O)NCc2ccc(N(C)C)cc2)cc1. The van der Waals surface area contributed by atoms with E-state index in [9.17, 15) is 4.79 Å². The van der Waals surface area contributed by atoms with Crippen molar-refractivity contribution in [3.63, 3.8) is 0 Å². The number of benzene rings is 2. The average molecular weight is 298 g/mol. The fourth-order valence-electron chi connectivity index (χ4n) is 1.95. The summed E-state index contributed by atoms with van der Waals surface area (Å²) >= 11 is 0. The van der Waals surface area contributed by atoms with Crippen molar-refractivity contribution in [2.45, 2.75) is 13.5 Å². The van der Waals surface area contributed by atoms with Gasteiger partial charge in [-0.1, -0.05) is 29.8 Å². The van der Waals surface area contributed by atoms with E-state index in [0.29, 0.717) is 12.3 Å². The van der Waals surface area contributed by atoms with Crippen LogP contribution in [0.1, 0.15) is 11.1 Å². The fraction of sp³-hybridized carbons (Fsp3) is 0.278. The lowest BCUT2D eigenvalue weighted by molar-refractivity contribution is -0.123. The Bertz CT molecular complexity index is 604. The minimum Gasteiger partial charge on any atom is -0.484 e. The molecule has 0 saturated carbocycles. The lowest BCUT2D eigenvalue weighted by atomic mass is 10.2. The first-order valence-electron chi connectivity index (χ1n) is 7.27. The van der Waals surface area contributed by atoms with Gasteiger partial charge in [0, 0.05) is 26.3 Å². The van der Waals surface area contributed by atoms with Gasteiger partial charge >= 0.3 is 0 Å². The summed E-state index contributed by atoms with van der Waals surface area (Å²) in [6, 6.07) is 15.7. The van der Waals surface area contributed by atoms with Crippen LogP contribution in [-0.2, 0) is 11.3 Å². The highest BCUT2D eigenvalue weighted by Gasteiger charge is 2.03. The van der Waals surface area contributed by atoms with E-state index in [2.05, 4.69) is 5.32 Å². The summed E-state index contributed by atoms with van der Waals surface area (Å²) in [6.45, 7) is 2.54. The largest absolute Gasteiger partial charge is 0.484 e. The van der Waals surface area contributed by atoms with E-state index in [-0.39, 0.29) is 12.5 Å². The molecule has 0 atom stereocenters. The van der Waals surface area contributed by atoms with Crippen molar-refractivity contribution in [1.29, 1.82) is 0 Å². The monoisotopic (exact) mass is 298 g/mol. The van der Waals surface area contributed by atoms with Crippen LogP contribution in [0.15, 0.2) is 48.5 Å². The van der Waals surface area contributed by atoms with Gasteiger partial charge in [0.1, 0.15) is 5.75 Å². The van der Waals surface area contributed by atoms with Crippen molar-refractivity contribution in [2.24, 2.45) is 0 Å². The summed E-state index contributed by atoms with van der Waals surface area (Å²) in [4.78, 5) is 13.8. The Morgan fingerprint density at radius 3 is 2.27 bits per heavy atom. The highest BCUT2D eigenvalue weighted by molar-refractivity contribution is 5.77. The van der Waals surface area contributed by atoms with E-state index in [0.717, 1.165) is 16.8 Å². The Labute approximate surface area is 131 Å². The van der Waals surface area contributed by atoms with Crippen LogP contribution in [0.4, 0.5) is 5.69 Å². The Morgan fingerprint density at radius 2 is 1.68 bits per heavy atom. The van der Waals surface area contributed by atoms with Crippen LogP contribution < -0.4 is 15.0 Å². The Morgan fingerprint density at radius 1 is 1.05 bits per heavy atom. The van der Waals surface area contributed by atoms with Crippen molar-refractivity contribution in [2.75, 3.05) is 25.6 Å². The molecule has 0 radical (unpaired) electrons. The molecule has 0 aliphatic rings. The quantitative estimate of drug-likeness (QED) is 0.891. The van der Waals surface area contributed by atoms with Gasteiger partial charge in [0.15, 0.2) is 6.61 Å². The molecule has 2 rings (SSSR count). The summed E-state index contributed by atoms with van der Waals surface area (Å²) in [6.07, 6.45) is 0. The molecule has 116 valence electrons. The first-order chi connectivity index (χ1) is 10.5. The third-order valence-corrected chi connectivity index (χ3v) is 3.33. The van der Waals surface area contributed by atoms with E-state index in [4.69, 9.17) is 4.74 Å². The van der Waals surface area contributed by atoms with Gasteiger partial charge in [0.2, 0.25) is 0 Å². The third-order valence-electron chi connectivity index (χ3n) is 3.33. The van der Waals surface area contributed by atoms with Crippen LogP contribution in [0.2, 0.25) is 0 Å². The molecule has 0 heterocycles. The molecule has 4 nitrogen and oxygen atoms in total. The molecule has 0 aliphatic carbocycles. The Kier molecular flexibility index (Phi) is 5.42. The van der Waals surface area contributed by atoms with Gasteiger partial charge in [-0.3, -0.25) is 4.79 Å². The van der Waals surface area contributed by atoms with Crippen LogP contribution in [0.3, 0.4) is 0 Å². The van der Waals surface area contributed by atoms with E-state index >= 15 is 0 Å². The highest BCUT2D eigenvalue weighted by atomic mass is 16.5. The molecule has 4 heteroatoms. The first-order valence-corrected chi connectivity index (χ1v) is 7.27. The molecule has 1 N–H and O–H groups in total. The Hall–Kier alpha value is -2.49. The maximum absolute atomic E-state index is 11.8. The topological polar surface area (TPSA) is 41.6 Å². The Balaban J connectivity index is 1.76. The van der Waals surface area contributed by atoms with Crippen molar-refractivity contribution in [3.05, 3.63) is 59.7 Å². The van der Waals surface area contributed by atoms with Crippen molar-refractivity contribution in [3.8, 4) is 5.75 Å². The lowest BCUT2D eigenvalue weighted by Crippen LogP contribution is -2.28. The highest BCUT2D eigenvalue weighted by Crippen LogP contribution is 2.12. The molecule has 0 aromatic heterocycles. The van der Waals surface area contributed by atoms with E-state index in [1.54, 1.807) is 0 Å². The lowest BCUT2D eigenvalue weighted by Gasteiger charge is -2.13. The van der Waals surface area contributed by atoms with Crippen LogP contribution in [0.25, 0.3) is 0 Å². The smallest absolute Gasteiger partial charge is 0.258 e. The van der Waals surface area contributed by atoms with Gasteiger partial charge in [-0.15, -0.1) is 0 Å². The summed E-state index contributed by atoms with van der Waals surface area (Å²) in [5, 5.41) is 2.85. The van der Waals surface area contributed by atoms with Crippen LogP contribution in [0, 0.1) is 6.92 Å². The number of nitrogens with zero attached hydrogens (tertiary/aromatic N) is 1. The molecular weight excluding hydrogens is 276 g/mol. The second-order valence-electron chi connectivity index (χ2n) is 5.44. The standard InChI is InChI=1S/C18H22N2O2/c1-14-4-10-17(11-5-14)22-13-18(21)19-12-15-6-8-16(9-7-15)20(2)3/h4-11H,12-13H2,1-3H3,(H,19,21). The number of carbonyl (C=O) groups excluding carboxylic acids is 1. The van der Waals surface area contributed by atoms with Gasteiger partial charge in [0.25, 0.3) is 5.91 Å². The molecule has 0 bridgehead atoms. The first kappa shape index (κ1) is 15.9. The van der Waals surface area contributed by atoms with Gasteiger partial charge in [0.05, 0.1) is 0 Å². The summed E-state index contributed by atoms with van der Waals surface area (Å²) in [5.41, 5.74) is 3.37. The van der Waals surface area contributed by atoms with Gasteiger partial charge in [-0.25, -0.2) is 0 Å². The van der Waals surface area contributed by atoms with E-state index < -0.39 is 0 Å². The number of anilines is 1. The van der Waals surface area contributed by atoms with E-state index in [1.165, 1.54) is 0 Å². The maximum Gasteiger partial charge on any atom is 0.258 e. The van der Waals surface area contributed by atoms with Gasteiger partial charge in [-0.05, 0) is 36.8 Å². The number of nitrogens with one attached hydrogen (secondary N) is 1. The summed E-state index contributed by atoms with van der Waals surface area (Å²) in [5.74, 6) is 0.577. The molecule has 1 amide bonds. The van der Waals surface area contributed by atoms with Crippen LogP contribution in [-0.4, -0.2) is 26.6 Å². The fourth-order valence-corrected chi connectivity index (χ4v) is 1.95. The molecule has 0 aliphatic heterocycles. The zero-order valence-corrected chi connectivity index (χ0v) is 13.3. The molecular formula is C18H22N2O2. The van der Waals surface area contributed by atoms with Gasteiger partial charge in [-0.2, -0.15) is 0 Å². The number of hydrogen-bond donors (Lipinski definition) is 1. The van der Waals surface area contributed by atoms with Crippen LogP contribution in [0.5, 0.6) is 5.75 Å². The minimum atomic E-state index is -0.128. The van der Waals surface area contributed by atoms with E-state index in [1.807, 2.05) is 74.4 Å². The number of amides is 1. The normalized spacial score (nSPS) is 10.1. The molecule has 22 heavy (non-hydrogen) atoms. The molecule has 0 spiro atoms. The third kappa shape index (κ3) is 4.81. The number of aryl methyl sites for hydroxylation is 1. The number of hydrogen-bond acceptors (Lipinski definition) is 3. The zero-order valence-electron chi connectivity index (χ0n) is 13.3. The maximum atomic E-state index is 11.8. The zero-order chi connectivity index (χ0) is 15.9. The predicted octanol–water partition coefficient (Wildman–Crippen LogP) is 2.76. The second-order valence-corrected chi connectivity index (χ2v) is 5.44. The molecule has 2 aromatic carbocycles. The van der Waals surface area contributed by atoms with Crippen molar-refractivity contribution in [1.82, 2.24) is 5.32 Å². The molecule has 0 fully saturated rings. The number of ether oxygens (including phenoxy) is 1. The number of carbonyl (C=O) groups is 1. The number of rotatable bonds is 6. The van der Waals surface area contributed by atoms with Crippen molar-refractivity contribution < 1.29 is 9.53 Å². The minimum absolute atomic E-state index is 0.0266. The second kappa shape index (κ2) is 7.50. The molecule has 0 saturated heterocycles.